The van der Waals surface area contributed by atoms with Crippen LogP contribution in [0.25, 0.3) is 0 Å². The molecule has 25 heavy (non-hydrogen) atoms. The second-order valence-corrected chi connectivity index (χ2v) is 5.98. The van der Waals surface area contributed by atoms with E-state index in [1.54, 1.807) is 13.3 Å². The van der Waals surface area contributed by atoms with Gasteiger partial charge in [-0.05, 0) is 36.4 Å². The van der Waals surface area contributed by atoms with Gasteiger partial charge in [0.15, 0.2) is 0 Å². The lowest BCUT2D eigenvalue weighted by Gasteiger charge is -2.36. The van der Waals surface area contributed by atoms with Gasteiger partial charge in [0.25, 0.3) is 0 Å². The third kappa shape index (κ3) is 4.21. The molecule has 6 nitrogen and oxygen atoms in total. The summed E-state index contributed by atoms with van der Waals surface area (Å²) >= 11 is 0. The number of anilines is 3. The van der Waals surface area contributed by atoms with E-state index in [0.717, 1.165) is 43.4 Å². The first-order chi connectivity index (χ1) is 12.2. The van der Waals surface area contributed by atoms with Crippen molar-refractivity contribution in [2.24, 2.45) is 0 Å². The number of amides is 1. The number of carbonyl (C=O) groups is 1. The van der Waals surface area contributed by atoms with E-state index in [1.807, 2.05) is 31.2 Å². The highest BCUT2D eigenvalue weighted by molar-refractivity contribution is 5.90. The van der Waals surface area contributed by atoms with Crippen LogP contribution >= 0.6 is 0 Å². The molecule has 0 aliphatic carbocycles. The van der Waals surface area contributed by atoms with Gasteiger partial charge in [-0.25, -0.2) is 4.98 Å². The number of carbonyl (C=O) groups excluding carboxylic acids is 1. The van der Waals surface area contributed by atoms with Crippen molar-refractivity contribution in [1.82, 2.24) is 4.98 Å². The predicted molar refractivity (Wildman–Crippen MR) is 101 cm³/mol. The Bertz CT molecular complexity index is 692. The topological polar surface area (TPSA) is 57.7 Å². The molecule has 0 unspecified atom stereocenters. The minimum Gasteiger partial charge on any atom is -0.497 e. The Hall–Kier alpha value is -2.76. The Morgan fingerprint density at radius 3 is 2.32 bits per heavy atom. The van der Waals surface area contributed by atoms with Crippen LogP contribution in [0.1, 0.15) is 13.3 Å². The molecule has 1 amide bonds. The number of aromatic nitrogens is 1. The average molecular weight is 340 g/mol. The summed E-state index contributed by atoms with van der Waals surface area (Å²) < 4.78 is 5.21. The second kappa shape index (κ2) is 7.88. The van der Waals surface area contributed by atoms with E-state index >= 15 is 0 Å². The number of hydrogen-bond donors (Lipinski definition) is 1. The van der Waals surface area contributed by atoms with Crippen LogP contribution in [0.15, 0.2) is 42.6 Å². The molecule has 0 saturated carbocycles. The standard InChI is InChI=1S/C19H24N4O2/c1-3-19(24)21-15-4-9-18(20-14-15)23-12-10-22(11-13-23)16-5-7-17(25-2)8-6-16/h4-9,14H,3,10-13H2,1-2H3,(H,21,24). The number of rotatable bonds is 5. The Morgan fingerprint density at radius 2 is 1.76 bits per heavy atom. The van der Waals surface area contributed by atoms with Gasteiger partial charge in [0.2, 0.25) is 5.91 Å². The lowest BCUT2D eigenvalue weighted by atomic mass is 10.2. The molecule has 1 aliphatic rings. The number of nitrogens with zero attached hydrogens (tertiary/aromatic N) is 3. The minimum absolute atomic E-state index is 0.00246. The van der Waals surface area contributed by atoms with Gasteiger partial charge in [-0.1, -0.05) is 6.92 Å². The summed E-state index contributed by atoms with van der Waals surface area (Å²) in [4.78, 5) is 20.5. The van der Waals surface area contributed by atoms with Crippen molar-refractivity contribution < 1.29 is 9.53 Å². The molecule has 1 fully saturated rings. The van der Waals surface area contributed by atoms with Crippen molar-refractivity contribution >= 4 is 23.1 Å². The molecular weight excluding hydrogens is 316 g/mol. The Kier molecular flexibility index (Phi) is 5.38. The van der Waals surface area contributed by atoms with E-state index in [2.05, 4.69) is 32.2 Å². The van der Waals surface area contributed by atoms with Gasteiger partial charge >= 0.3 is 0 Å². The van der Waals surface area contributed by atoms with Crippen molar-refractivity contribution in [2.45, 2.75) is 13.3 Å². The molecule has 3 rings (SSSR count). The van der Waals surface area contributed by atoms with Crippen LogP contribution in [-0.2, 0) is 4.79 Å². The van der Waals surface area contributed by atoms with Gasteiger partial charge in [0, 0.05) is 38.3 Å². The van der Waals surface area contributed by atoms with Crippen LogP contribution in [0.2, 0.25) is 0 Å². The zero-order valence-electron chi connectivity index (χ0n) is 14.7. The summed E-state index contributed by atoms with van der Waals surface area (Å²) in [5, 5.41) is 2.82. The smallest absolute Gasteiger partial charge is 0.224 e. The van der Waals surface area contributed by atoms with E-state index in [4.69, 9.17) is 4.74 Å². The van der Waals surface area contributed by atoms with Crippen LogP contribution < -0.4 is 19.9 Å². The molecule has 0 spiro atoms. The van der Waals surface area contributed by atoms with Gasteiger partial charge < -0.3 is 19.9 Å². The molecule has 1 N–H and O–H groups in total. The van der Waals surface area contributed by atoms with Gasteiger partial charge in [-0.3, -0.25) is 4.79 Å². The van der Waals surface area contributed by atoms with E-state index in [0.29, 0.717) is 6.42 Å². The number of hydrogen-bond acceptors (Lipinski definition) is 5. The summed E-state index contributed by atoms with van der Waals surface area (Å²) in [5.41, 5.74) is 1.96. The maximum atomic E-state index is 11.4. The zero-order chi connectivity index (χ0) is 17.6. The van der Waals surface area contributed by atoms with Crippen LogP contribution in [0.3, 0.4) is 0 Å². The molecule has 1 saturated heterocycles. The normalized spacial score (nSPS) is 14.3. The second-order valence-electron chi connectivity index (χ2n) is 5.98. The number of piperazine rings is 1. The zero-order valence-corrected chi connectivity index (χ0v) is 14.7. The first kappa shape index (κ1) is 17.1. The molecule has 1 aromatic carbocycles. The monoisotopic (exact) mass is 340 g/mol. The molecule has 2 heterocycles. The molecule has 132 valence electrons. The van der Waals surface area contributed by atoms with Crippen LogP contribution in [0.5, 0.6) is 5.75 Å². The third-order valence-corrected chi connectivity index (χ3v) is 4.39. The summed E-state index contributed by atoms with van der Waals surface area (Å²) in [6, 6.07) is 12.1. The molecule has 1 aliphatic heterocycles. The van der Waals surface area contributed by atoms with Gasteiger partial charge in [-0.15, -0.1) is 0 Å². The summed E-state index contributed by atoms with van der Waals surface area (Å²) in [5.74, 6) is 1.83. The van der Waals surface area contributed by atoms with E-state index in [-0.39, 0.29) is 5.91 Å². The fourth-order valence-electron chi connectivity index (χ4n) is 2.88. The Labute approximate surface area is 148 Å². The minimum atomic E-state index is 0.00246. The number of nitrogens with one attached hydrogen (secondary N) is 1. The molecule has 2 aromatic rings. The van der Waals surface area contributed by atoms with Gasteiger partial charge in [0.05, 0.1) is 19.0 Å². The number of methoxy groups -OCH3 is 1. The summed E-state index contributed by atoms with van der Waals surface area (Å²) in [6.07, 6.45) is 2.19. The third-order valence-electron chi connectivity index (χ3n) is 4.39. The SMILES string of the molecule is CCC(=O)Nc1ccc(N2CCN(c3ccc(OC)cc3)CC2)nc1. The molecule has 0 bridgehead atoms. The highest BCUT2D eigenvalue weighted by Gasteiger charge is 2.18. The molecule has 6 heteroatoms. The van der Waals surface area contributed by atoms with Gasteiger partial charge in [-0.2, -0.15) is 0 Å². The van der Waals surface area contributed by atoms with E-state index in [9.17, 15) is 4.79 Å². The predicted octanol–water partition coefficient (Wildman–Crippen LogP) is 2.77. The summed E-state index contributed by atoms with van der Waals surface area (Å²) in [6.45, 7) is 5.56. The molecular formula is C19H24N4O2. The van der Waals surface area contributed by atoms with Crippen LogP contribution in [0.4, 0.5) is 17.2 Å². The van der Waals surface area contributed by atoms with Gasteiger partial charge in [0.1, 0.15) is 11.6 Å². The molecule has 0 atom stereocenters. The van der Waals surface area contributed by atoms with E-state index < -0.39 is 0 Å². The first-order valence-corrected chi connectivity index (χ1v) is 8.59. The van der Waals surface area contributed by atoms with Crippen LogP contribution in [0, 0.1) is 0 Å². The fraction of sp³-hybridized carbons (Fsp3) is 0.368. The number of ether oxygens (including phenoxy) is 1. The lowest BCUT2D eigenvalue weighted by molar-refractivity contribution is -0.115. The van der Waals surface area contributed by atoms with Crippen molar-refractivity contribution in [1.29, 1.82) is 0 Å². The van der Waals surface area contributed by atoms with Crippen molar-refractivity contribution in [3.05, 3.63) is 42.6 Å². The highest BCUT2D eigenvalue weighted by atomic mass is 16.5. The Balaban J connectivity index is 1.57. The summed E-state index contributed by atoms with van der Waals surface area (Å²) in [7, 11) is 1.68. The van der Waals surface area contributed by atoms with Crippen LogP contribution in [-0.4, -0.2) is 44.2 Å². The largest absolute Gasteiger partial charge is 0.497 e. The lowest BCUT2D eigenvalue weighted by Crippen LogP contribution is -2.46. The van der Waals surface area contributed by atoms with Crippen molar-refractivity contribution in [3.8, 4) is 5.75 Å². The average Bonchev–Trinajstić information content (AvgIpc) is 2.69. The quantitative estimate of drug-likeness (QED) is 0.907. The fourth-order valence-corrected chi connectivity index (χ4v) is 2.88. The molecule has 0 radical (unpaired) electrons. The van der Waals surface area contributed by atoms with Crippen molar-refractivity contribution in [3.63, 3.8) is 0 Å². The highest BCUT2D eigenvalue weighted by Crippen LogP contribution is 2.22. The maximum Gasteiger partial charge on any atom is 0.224 e. The Morgan fingerprint density at radius 1 is 1.08 bits per heavy atom. The number of pyridine rings is 1. The first-order valence-electron chi connectivity index (χ1n) is 8.59. The van der Waals surface area contributed by atoms with Crippen molar-refractivity contribution in [2.75, 3.05) is 48.4 Å². The molecule has 1 aromatic heterocycles. The van der Waals surface area contributed by atoms with E-state index in [1.165, 1.54) is 5.69 Å². The number of benzene rings is 1. The maximum absolute atomic E-state index is 11.4.